The highest BCUT2D eigenvalue weighted by atomic mass is 32.2. The Morgan fingerprint density at radius 1 is 1.35 bits per heavy atom. The molecule has 3 amide bonds. The van der Waals surface area contributed by atoms with Crippen molar-refractivity contribution in [2.75, 3.05) is 12.0 Å². The normalized spacial score (nSPS) is 17.6. The number of carbonyl (C=O) groups excluding carboxylic acids is 2. The fourth-order valence-electron chi connectivity index (χ4n) is 2.55. The molecule has 138 valence electrons. The third-order valence-electron chi connectivity index (χ3n) is 3.83. The van der Waals surface area contributed by atoms with E-state index in [9.17, 15) is 22.4 Å². The van der Waals surface area contributed by atoms with Crippen molar-refractivity contribution in [1.82, 2.24) is 15.2 Å². The van der Waals surface area contributed by atoms with Gasteiger partial charge in [-0.1, -0.05) is 6.07 Å². The summed E-state index contributed by atoms with van der Waals surface area (Å²) in [6.07, 6.45) is 2.35. The molecule has 1 aliphatic heterocycles. The number of benzene rings is 1. The average Bonchev–Trinajstić information content (AvgIpc) is 3.13. The number of urea groups is 1. The molecule has 3 rings (SSSR count). The Kier molecular flexibility index (Phi) is 4.77. The molecular formula is C16H16FN3O5S. The summed E-state index contributed by atoms with van der Waals surface area (Å²) in [5.74, 6) is -0.996. The number of carbonyl (C=O) groups is 2. The van der Waals surface area contributed by atoms with Crippen LogP contribution in [0.25, 0.3) is 11.5 Å². The zero-order chi connectivity index (χ0) is 18.9. The van der Waals surface area contributed by atoms with Gasteiger partial charge in [-0.05, 0) is 24.6 Å². The fourth-order valence-corrected chi connectivity index (χ4v) is 3.21. The molecular weight excluding hydrogens is 365 g/mol. The van der Waals surface area contributed by atoms with E-state index in [0.29, 0.717) is 11.3 Å². The summed E-state index contributed by atoms with van der Waals surface area (Å²) >= 11 is 0. The maximum absolute atomic E-state index is 13.3. The van der Waals surface area contributed by atoms with Crippen molar-refractivity contribution < 1.29 is 26.8 Å². The van der Waals surface area contributed by atoms with Crippen molar-refractivity contribution in [2.45, 2.75) is 19.0 Å². The van der Waals surface area contributed by atoms with Crippen LogP contribution in [0.15, 0.2) is 34.9 Å². The number of nitrogens with zero attached hydrogens (tertiary/aromatic N) is 2. The molecule has 10 heteroatoms. The minimum absolute atomic E-state index is 0.00721. The van der Waals surface area contributed by atoms with Crippen LogP contribution in [-0.4, -0.2) is 48.3 Å². The molecule has 1 saturated heterocycles. The zero-order valence-corrected chi connectivity index (χ0v) is 14.6. The van der Waals surface area contributed by atoms with E-state index in [-0.39, 0.29) is 24.6 Å². The Hall–Kier alpha value is -2.75. The lowest BCUT2D eigenvalue weighted by atomic mass is 10.2. The summed E-state index contributed by atoms with van der Waals surface area (Å²) in [6.45, 7) is -0.126. The highest BCUT2D eigenvalue weighted by Crippen LogP contribution is 2.21. The Bertz CT molecular complexity index is 956. The van der Waals surface area contributed by atoms with Gasteiger partial charge < -0.3 is 9.73 Å². The molecule has 8 nitrogen and oxygen atoms in total. The average molecular weight is 381 g/mol. The number of oxazole rings is 1. The van der Waals surface area contributed by atoms with Crippen molar-refractivity contribution >= 4 is 21.8 Å². The van der Waals surface area contributed by atoms with E-state index >= 15 is 0 Å². The van der Waals surface area contributed by atoms with Gasteiger partial charge in [0.05, 0.1) is 18.0 Å². The van der Waals surface area contributed by atoms with Crippen LogP contribution in [0, 0.1) is 5.82 Å². The molecule has 0 bridgehead atoms. The first kappa shape index (κ1) is 18.1. The molecule has 0 aliphatic carbocycles. The van der Waals surface area contributed by atoms with Crippen LogP contribution >= 0.6 is 0 Å². The molecule has 1 atom stereocenters. The van der Waals surface area contributed by atoms with Crippen molar-refractivity contribution in [3.05, 3.63) is 42.0 Å². The molecule has 0 unspecified atom stereocenters. The van der Waals surface area contributed by atoms with Crippen LogP contribution in [0.2, 0.25) is 0 Å². The van der Waals surface area contributed by atoms with E-state index in [1.54, 1.807) is 6.07 Å². The van der Waals surface area contributed by atoms with E-state index in [1.807, 2.05) is 0 Å². The van der Waals surface area contributed by atoms with Gasteiger partial charge in [-0.3, -0.25) is 9.69 Å². The SMILES string of the molecule is CS(=O)(=O)CC[C@H]1NC(=O)N(Cc2coc(-c3cccc(F)c3)n2)C1=O. The Morgan fingerprint density at radius 2 is 2.12 bits per heavy atom. The van der Waals surface area contributed by atoms with Gasteiger partial charge >= 0.3 is 6.03 Å². The van der Waals surface area contributed by atoms with E-state index in [2.05, 4.69) is 10.3 Å². The predicted octanol–water partition coefficient (Wildman–Crippen LogP) is 1.34. The lowest BCUT2D eigenvalue weighted by Gasteiger charge is -2.10. The summed E-state index contributed by atoms with van der Waals surface area (Å²) < 4.78 is 41.0. The van der Waals surface area contributed by atoms with E-state index in [0.717, 1.165) is 11.2 Å². The first-order chi connectivity index (χ1) is 12.2. The standard InChI is InChI=1S/C16H16FN3O5S/c1-26(23,24)6-5-13-15(21)20(16(22)19-13)8-12-9-25-14(18-12)10-3-2-4-11(17)7-10/h2-4,7,9,13H,5-6,8H2,1H3,(H,19,22)/t13-/m1/s1. The van der Waals surface area contributed by atoms with Gasteiger partial charge in [-0.2, -0.15) is 0 Å². The largest absolute Gasteiger partial charge is 0.444 e. The number of hydrogen-bond donors (Lipinski definition) is 1. The fraction of sp³-hybridized carbons (Fsp3) is 0.312. The van der Waals surface area contributed by atoms with Gasteiger partial charge in [0.1, 0.15) is 28.0 Å². The van der Waals surface area contributed by atoms with Crippen molar-refractivity contribution in [3.8, 4) is 11.5 Å². The number of nitrogens with one attached hydrogen (secondary N) is 1. The number of rotatable bonds is 6. The van der Waals surface area contributed by atoms with Gasteiger partial charge in [-0.15, -0.1) is 0 Å². The first-order valence-electron chi connectivity index (χ1n) is 7.73. The lowest BCUT2D eigenvalue weighted by molar-refractivity contribution is -0.127. The minimum atomic E-state index is -3.24. The number of halogens is 1. The lowest BCUT2D eigenvalue weighted by Crippen LogP contribution is -2.32. The molecule has 26 heavy (non-hydrogen) atoms. The number of aromatic nitrogens is 1. The topological polar surface area (TPSA) is 110 Å². The summed E-state index contributed by atoms with van der Waals surface area (Å²) in [6, 6.07) is 4.17. The molecule has 1 aliphatic rings. The second kappa shape index (κ2) is 6.87. The van der Waals surface area contributed by atoms with Gasteiger partial charge in [0.25, 0.3) is 5.91 Å². The van der Waals surface area contributed by atoms with Crippen LogP contribution in [0.3, 0.4) is 0 Å². The molecule has 0 spiro atoms. The maximum atomic E-state index is 13.3. The number of imide groups is 1. The monoisotopic (exact) mass is 381 g/mol. The highest BCUT2D eigenvalue weighted by molar-refractivity contribution is 7.90. The summed E-state index contributed by atoms with van der Waals surface area (Å²) in [4.78, 5) is 29.4. The Balaban J connectivity index is 1.69. The third kappa shape index (κ3) is 4.07. The summed E-state index contributed by atoms with van der Waals surface area (Å²) in [5.41, 5.74) is 0.746. The molecule has 0 saturated carbocycles. The van der Waals surface area contributed by atoms with Crippen molar-refractivity contribution in [1.29, 1.82) is 0 Å². The first-order valence-corrected chi connectivity index (χ1v) is 9.79. The predicted molar refractivity (Wildman–Crippen MR) is 89.1 cm³/mol. The molecule has 1 aromatic carbocycles. The smallest absolute Gasteiger partial charge is 0.325 e. The summed E-state index contributed by atoms with van der Waals surface area (Å²) in [7, 11) is -3.24. The number of sulfone groups is 1. The Labute approximate surface area is 148 Å². The minimum Gasteiger partial charge on any atom is -0.444 e. The second-order valence-electron chi connectivity index (χ2n) is 6.00. The van der Waals surface area contributed by atoms with Gasteiger partial charge in [0.2, 0.25) is 5.89 Å². The van der Waals surface area contributed by atoms with Gasteiger partial charge in [0.15, 0.2) is 0 Å². The second-order valence-corrected chi connectivity index (χ2v) is 8.26. The van der Waals surface area contributed by atoms with Crippen LogP contribution in [0.1, 0.15) is 12.1 Å². The van der Waals surface area contributed by atoms with Crippen LogP contribution in [-0.2, 0) is 21.2 Å². The highest BCUT2D eigenvalue weighted by Gasteiger charge is 2.38. The van der Waals surface area contributed by atoms with Crippen LogP contribution < -0.4 is 5.32 Å². The van der Waals surface area contributed by atoms with Crippen LogP contribution in [0.5, 0.6) is 0 Å². The molecule has 2 heterocycles. The van der Waals surface area contributed by atoms with E-state index in [4.69, 9.17) is 4.42 Å². The van der Waals surface area contributed by atoms with Gasteiger partial charge in [0, 0.05) is 11.8 Å². The molecule has 2 aromatic rings. The van der Waals surface area contributed by atoms with E-state index < -0.39 is 33.6 Å². The number of amides is 3. The van der Waals surface area contributed by atoms with Gasteiger partial charge in [-0.25, -0.2) is 22.6 Å². The summed E-state index contributed by atoms with van der Waals surface area (Å²) in [5, 5.41) is 2.46. The zero-order valence-electron chi connectivity index (χ0n) is 13.8. The number of hydrogen-bond acceptors (Lipinski definition) is 6. The van der Waals surface area contributed by atoms with Crippen molar-refractivity contribution in [3.63, 3.8) is 0 Å². The molecule has 1 fully saturated rings. The molecule has 1 aromatic heterocycles. The third-order valence-corrected chi connectivity index (χ3v) is 4.81. The Morgan fingerprint density at radius 3 is 2.81 bits per heavy atom. The molecule has 0 radical (unpaired) electrons. The molecule has 1 N–H and O–H groups in total. The quantitative estimate of drug-likeness (QED) is 0.756. The van der Waals surface area contributed by atoms with E-state index in [1.165, 1.54) is 24.5 Å². The van der Waals surface area contributed by atoms with Crippen LogP contribution in [0.4, 0.5) is 9.18 Å². The van der Waals surface area contributed by atoms with Crippen molar-refractivity contribution in [2.24, 2.45) is 0 Å². The maximum Gasteiger partial charge on any atom is 0.325 e.